The Bertz CT molecular complexity index is 529. The lowest BCUT2D eigenvalue weighted by Gasteiger charge is -2.31. The molecule has 106 valence electrons. The summed E-state index contributed by atoms with van der Waals surface area (Å²) in [5.41, 5.74) is 4.42. The molecule has 0 bridgehead atoms. The largest absolute Gasteiger partial charge is 0.365 e. The van der Waals surface area contributed by atoms with Crippen molar-refractivity contribution in [1.29, 1.82) is 0 Å². The smallest absolute Gasteiger partial charge is 0.0326 e. The summed E-state index contributed by atoms with van der Waals surface area (Å²) in [6.07, 6.45) is 6.94. The van der Waals surface area contributed by atoms with Crippen LogP contribution in [-0.2, 0) is 6.42 Å². The monoisotopic (exact) mass is 268 g/mol. The van der Waals surface area contributed by atoms with Crippen molar-refractivity contribution in [2.45, 2.75) is 44.6 Å². The summed E-state index contributed by atoms with van der Waals surface area (Å²) in [7, 11) is 0. The minimum Gasteiger partial charge on any atom is -0.365 e. The first kappa shape index (κ1) is 13.4. The highest BCUT2D eigenvalue weighted by atomic mass is 14.9. The van der Waals surface area contributed by atoms with Crippen molar-refractivity contribution in [1.82, 2.24) is 10.3 Å². The van der Waals surface area contributed by atoms with Gasteiger partial charge in [0.25, 0.3) is 0 Å². The van der Waals surface area contributed by atoms with Crippen molar-refractivity contribution in [2.75, 3.05) is 6.54 Å². The number of aryl methyl sites for hydroxylation is 1. The molecule has 3 rings (SSSR count). The molecule has 2 aromatic rings. The van der Waals surface area contributed by atoms with Gasteiger partial charge in [0.2, 0.25) is 0 Å². The normalized spacial score (nSPS) is 22.9. The van der Waals surface area contributed by atoms with E-state index in [1.165, 1.54) is 36.9 Å². The third-order valence-electron chi connectivity index (χ3n) is 4.41. The molecular weight excluding hydrogens is 244 g/mol. The van der Waals surface area contributed by atoms with Crippen LogP contribution in [-0.4, -0.2) is 11.5 Å². The number of nitrogens with one attached hydrogen (secondary N) is 2. The number of aromatic nitrogens is 1. The highest BCUT2D eigenvalue weighted by Gasteiger charge is 2.25. The van der Waals surface area contributed by atoms with Crippen molar-refractivity contribution in [3.63, 3.8) is 0 Å². The Morgan fingerprint density at radius 3 is 2.80 bits per heavy atom. The van der Waals surface area contributed by atoms with Gasteiger partial charge in [0.1, 0.15) is 0 Å². The molecule has 0 spiro atoms. The van der Waals surface area contributed by atoms with Gasteiger partial charge >= 0.3 is 0 Å². The van der Waals surface area contributed by atoms with Crippen molar-refractivity contribution >= 4 is 0 Å². The number of benzene rings is 1. The van der Waals surface area contributed by atoms with Crippen LogP contribution in [0.4, 0.5) is 0 Å². The molecule has 2 atom stereocenters. The van der Waals surface area contributed by atoms with Crippen LogP contribution in [0, 0.1) is 0 Å². The summed E-state index contributed by atoms with van der Waals surface area (Å²) in [6, 6.07) is 13.6. The Kier molecular flexibility index (Phi) is 4.22. The van der Waals surface area contributed by atoms with Gasteiger partial charge in [-0.1, -0.05) is 43.7 Å². The maximum atomic E-state index is 3.67. The van der Waals surface area contributed by atoms with E-state index in [0.29, 0.717) is 12.0 Å². The zero-order valence-electron chi connectivity index (χ0n) is 12.2. The van der Waals surface area contributed by atoms with Crippen LogP contribution in [0.5, 0.6) is 0 Å². The molecule has 1 aliphatic heterocycles. The van der Waals surface area contributed by atoms with Gasteiger partial charge in [-0.3, -0.25) is 0 Å². The number of H-pyrrole nitrogens is 1. The molecule has 2 heteroatoms. The summed E-state index contributed by atoms with van der Waals surface area (Å²) >= 11 is 0. The van der Waals surface area contributed by atoms with Crippen molar-refractivity contribution in [3.05, 3.63) is 59.4 Å². The SMILES string of the molecule is CCCc1[nH]ccc1C1CCNC(c2ccccc2)C1. The van der Waals surface area contributed by atoms with E-state index < -0.39 is 0 Å². The van der Waals surface area contributed by atoms with Crippen molar-refractivity contribution in [2.24, 2.45) is 0 Å². The summed E-state index contributed by atoms with van der Waals surface area (Å²) in [4.78, 5) is 3.44. The molecular formula is C18H24N2. The molecule has 2 heterocycles. The van der Waals surface area contributed by atoms with E-state index in [2.05, 4.69) is 59.8 Å². The molecule has 2 nitrogen and oxygen atoms in total. The second-order valence-corrected chi connectivity index (χ2v) is 5.80. The standard InChI is InChI=1S/C18H24N2/c1-2-6-17-16(10-12-19-17)15-9-11-20-18(13-15)14-7-4-3-5-8-14/h3-5,7-8,10,12,15,18-20H,2,6,9,11,13H2,1H3. The minimum atomic E-state index is 0.499. The van der Waals surface area contributed by atoms with E-state index in [9.17, 15) is 0 Å². The fourth-order valence-corrected chi connectivity index (χ4v) is 3.40. The number of aromatic amines is 1. The fourth-order valence-electron chi connectivity index (χ4n) is 3.40. The molecule has 1 fully saturated rings. The zero-order chi connectivity index (χ0) is 13.8. The quantitative estimate of drug-likeness (QED) is 0.855. The molecule has 0 aliphatic carbocycles. The average Bonchev–Trinajstić information content (AvgIpc) is 2.97. The van der Waals surface area contributed by atoms with E-state index in [0.717, 1.165) is 6.54 Å². The van der Waals surface area contributed by atoms with E-state index in [4.69, 9.17) is 0 Å². The van der Waals surface area contributed by atoms with Gasteiger partial charge in [-0.05, 0) is 48.9 Å². The third-order valence-corrected chi connectivity index (χ3v) is 4.41. The Labute approximate surface area is 121 Å². The molecule has 2 unspecified atom stereocenters. The van der Waals surface area contributed by atoms with Gasteiger partial charge in [-0.15, -0.1) is 0 Å². The highest BCUT2D eigenvalue weighted by Crippen LogP contribution is 2.35. The molecule has 1 saturated heterocycles. The van der Waals surface area contributed by atoms with Gasteiger partial charge in [-0.2, -0.15) is 0 Å². The van der Waals surface area contributed by atoms with Crippen LogP contribution >= 0.6 is 0 Å². The van der Waals surface area contributed by atoms with Gasteiger partial charge in [0.15, 0.2) is 0 Å². The van der Waals surface area contributed by atoms with Crippen LogP contribution < -0.4 is 5.32 Å². The average molecular weight is 268 g/mol. The lowest BCUT2D eigenvalue weighted by Crippen LogP contribution is -2.31. The van der Waals surface area contributed by atoms with Crippen LogP contribution in [0.15, 0.2) is 42.6 Å². The first-order valence-electron chi connectivity index (χ1n) is 7.83. The van der Waals surface area contributed by atoms with Crippen molar-refractivity contribution < 1.29 is 0 Å². The molecule has 0 saturated carbocycles. The molecule has 2 N–H and O–H groups in total. The number of rotatable bonds is 4. The fraction of sp³-hybridized carbons (Fsp3) is 0.444. The van der Waals surface area contributed by atoms with Gasteiger partial charge in [-0.25, -0.2) is 0 Å². The summed E-state index contributed by atoms with van der Waals surface area (Å²) < 4.78 is 0. The second-order valence-electron chi connectivity index (χ2n) is 5.80. The molecule has 1 aromatic heterocycles. The first-order valence-corrected chi connectivity index (χ1v) is 7.83. The van der Waals surface area contributed by atoms with Gasteiger partial charge < -0.3 is 10.3 Å². The van der Waals surface area contributed by atoms with E-state index in [1.54, 1.807) is 5.56 Å². The van der Waals surface area contributed by atoms with Crippen LogP contribution in [0.25, 0.3) is 0 Å². The minimum absolute atomic E-state index is 0.499. The van der Waals surface area contributed by atoms with E-state index in [-0.39, 0.29) is 0 Å². The van der Waals surface area contributed by atoms with Gasteiger partial charge in [0.05, 0.1) is 0 Å². The van der Waals surface area contributed by atoms with Crippen molar-refractivity contribution in [3.8, 4) is 0 Å². The predicted octanol–water partition coefficient (Wildman–Crippen LogP) is 4.18. The third kappa shape index (κ3) is 2.80. The molecule has 0 radical (unpaired) electrons. The topological polar surface area (TPSA) is 27.8 Å². The zero-order valence-corrected chi connectivity index (χ0v) is 12.2. The summed E-state index contributed by atoms with van der Waals surface area (Å²) in [5.74, 6) is 0.689. The Morgan fingerprint density at radius 2 is 2.00 bits per heavy atom. The Morgan fingerprint density at radius 1 is 1.15 bits per heavy atom. The molecule has 20 heavy (non-hydrogen) atoms. The maximum absolute atomic E-state index is 3.67. The number of hydrogen-bond donors (Lipinski definition) is 2. The van der Waals surface area contributed by atoms with Gasteiger partial charge in [0, 0.05) is 17.9 Å². The lowest BCUT2D eigenvalue weighted by molar-refractivity contribution is 0.368. The Hall–Kier alpha value is -1.54. The van der Waals surface area contributed by atoms with E-state index >= 15 is 0 Å². The maximum Gasteiger partial charge on any atom is 0.0326 e. The molecule has 0 amide bonds. The number of piperidine rings is 1. The van der Waals surface area contributed by atoms with Crippen LogP contribution in [0.1, 0.15) is 55.0 Å². The summed E-state index contributed by atoms with van der Waals surface area (Å²) in [5, 5.41) is 3.67. The summed E-state index contributed by atoms with van der Waals surface area (Å²) in [6.45, 7) is 3.36. The molecule has 1 aliphatic rings. The van der Waals surface area contributed by atoms with E-state index in [1.807, 2.05) is 0 Å². The molecule has 1 aromatic carbocycles. The highest BCUT2D eigenvalue weighted by molar-refractivity contribution is 5.28. The second kappa shape index (κ2) is 6.27. The van der Waals surface area contributed by atoms with Crippen LogP contribution in [0.3, 0.4) is 0 Å². The Balaban J connectivity index is 1.76. The van der Waals surface area contributed by atoms with Crippen LogP contribution in [0.2, 0.25) is 0 Å². The number of hydrogen-bond acceptors (Lipinski definition) is 1. The lowest BCUT2D eigenvalue weighted by atomic mass is 9.83. The first-order chi connectivity index (χ1) is 9.88. The predicted molar refractivity (Wildman–Crippen MR) is 83.9 cm³/mol.